The normalized spacial score (nSPS) is 15.7. The van der Waals surface area contributed by atoms with Crippen LogP contribution in [0, 0.1) is 11.7 Å². The van der Waals surface area contributed by atoms with Gasteiger partial charge in [0.2, 0.25) is 9.84 Å². The molecule has 0 unspecified atom stereocenters. The number of rotatable bonds is 3. The lowest BCUT2D eigenvalue weighted by molar-refractivity contribution is 0.186. The van der Waals surface area contributed by atoms with E-state index in [0.717, 1.165) is 38.1 Å². The summed E-state index contributed by atoms with van der Waals surface area (Å²) in [6, 6.07) is 10.5. The standard InChI is InChI=1S/C19H21FN2O3S/c1-14-10-12-22(13-11-14)19(23)21-16-4-8-18(9-5-16)26(24,25)17-6-2-15(20)3-7-17/h2-9,14H,10-13H2,1H3,(H,21,23). The highest BCUT2D eigenvalue weighted by Gasteiger charge is 2.21. The van der Waals surface area contributed by atoms with Crippen molar-refractivity contribution in [1.29, 1.82) is 0 Å². The molecule has 0 spiro atoms. The van der Waals surface area contributed by atoms with Crippen LogP contribution in [0.4, 0.5) is 14.9 Å². The lowest BCUT2D eigenvalue weighted by Crippen LogP contribution is -2.40. The number of benzene rings is 2. The highest BCUT2D eigenvalue weighted by atomic mass is 32.2. The number of hydrogen-bond donors (Lipinski definition) is 1. The highest BCUT2D eigenvalue weighted by Crippen LogP contribution is 2.23. The van der Waals surface area contributed by atoms with E-state index in [4.69, 9.17) is 0 Å². The van der Waals surface area contributed by atoms with Crippen LogP contribution in [0.25, 0.3) is 0 Å². The second-order valence-corrected chi connectivity index (χ2v) is 8.53. The fourth-order valence-corrected chi connectivity index (χ4v) is 4.14. The monoisotopic (exact) mass is 376 g/mol. The first-order valence-corrected chi connectivity index (χ1v) is 10.0. The predicted molar refractivity (Wildman–Crippen MR) is 97.3 cm³/mol. The molecular weight excluding hydrogens is 355 g/mol. The quantitative estimate of drug-likeness (QED) is 0.826. The average molecular weight is 376 g/mol. The maximum absolute atomic E-state index is 13.0. The fraction of sp³-hybridized carbons (Fsp3) is 0.316. The largest absolute Gasteiger partial charge is 0.325 e. The summed E-state index contributed by atoms with van der Waals surface area (Å²) in [5.41, 5.74) is 0.534. The van der Waals surface area contributed by atoms with Gasteiger partial charge in [0, 0.05) is 18.8 Å². The molecule has 0 bridgehead atoms. The summed E-state index contributed by atoms with van der Waals surface area (Å²) >= 11 is 0. The van der Waals surface area contributed by atoms with Gasteiger partial charge in [0.25, 0.3) is 0 Å². The molecule has 1 fully saturated rings. The molecule has 0 atom stereocenters. The summed E-state index contributed by atoms with van der Waals surface area (Å²) < 4.78 is 38.1. The number of carbonyl (C=O) groups is 1. The molecule has 1 aliphatic heterocycles. The van der Waals surface area contributed by atoms with Crippen molar-refractivity contribution in [2.45, 2.75) is 29.6 Å². The van der Waals surface area contributed by atoms with Crippen LogP contribution < -0.4 is 5.32 Å². The van der Waals surface area contributed by atoms with Crippen molar-refractivity contribution in [3.05, 3.63) is 54.3 Å². The predicted octanol–water partition coefficient (Wildman–Crippen LogP) is 3.92. The number of nitrogens with one attached hydrogen (secondary N) is 1. The number of amides is 2. The third-order valence-electron chi connectivity index (χ3n) is 4.61. The van der Waals surface area contributed by atoms with Gasteiger partial charge in [-0.25, -0.2) is 17.6 Å². The molecule has 0 radical (unpaired) electrons. The maximum atomic E-state index is 13.0. The van der Waals surface area contributed by atoms with E-state index in [-0.39, 0.29) is 15.8 Å². The summed E-state index contributed by atoms with van der Waals surface area (Å²) in [4.78, 5) is 14.2. The Morgan fingerprint density at radius 1 is 1.00 bits per heavy atom. The van der Waals surface area contributed by atoms with Crippen LogP contribution in [0.3, 0.4) is 0 Å². The number of piperidine rings is 1. The number of hydrogen-bond acceptors (Lipinski definition) is 3. The molecule has 0 aliphatic carbocycles. The van der Waals surface area contributed by atoms with Crippen LogP contribution in [0.2, 0.25) is 0 Å². The molecule has 3 rings (SSSR count). The fourth-order valence-electron chi connectivity index (χ4n) is 2.88. The molecule has 1 heterocycles. The van der Waals surface area contributed by atoms with E-state index >= 15 is 0 Å². The number of nitrogens with zero attached hydrogens (tertiary/aromatic N) is 1. The van der Waals surface area contributed by atoms with Crippen molar-refractivity contribution in [1.82, 2.24) is 4.90 Å². The first-order chi connectivity index (χ1) is 12.4. The van der Waals surface area contributed by atoms with Crippen molar-refractivity contribution >= 4 is 21.6 Å². The van der Waals surface area contributed by atoms with Gasteiger partial charge in [0.15, 0.2) is 0 Å². The van der Waals surface area contributed by atoms with Crippen LogP contribution in [0.5, 0.6) is 0 Å². The molecule has 0 saturated carbocycles. The zero-order valence-electron chi connectivity index (χ0n) is 14.5. The van der Waals surface area contributed by atoms with Crippen LogP contribution in [0.1, 0.15) is 19.8 Å². The minimum atomic E-state index is -3.72. The van der Waals surface area contributed by atoms with E-state index in [0.29, 0.717) is 11.6 Å². The molecule has 138 valence electrons. The van der Waals surface area contributed by atoms with Crippen molar-refractivity contribution in [2.24, 2.45) is 5.92 Å². The molecule has 5 nitrogen and oxygen atoms in total. The minimum Gasteiger partial charge on any atom is -0.325 e. The van der Waals surface area contributed by atoms with Gasteiger partial charge in [-0.2, -0.15) is 0 Å². The Labute approximate surface area is 152 Å². The van der Waals surface area contributed by atoms with Gasteiger partial charge in [-0.05, 0) is 67.3 Å². The smallest absolute Gasteiger partial charge is 0.321 e. The second-order valence-electron chi connectivity index (χ2n) is 6.58. The summed E-state index contributed by atoms with van der Waals surface area (Å²) in [6.45, 7) is 3.63. The topological polar surface area (TPSA) is 66.5 Å². The zero-order chi connectivity index (χ0) is 18.7. The molecule has 2 aromatic rings. The van der Waals surface area contributed by atoms with Gasteiger partial charge >= 0.3 is 6.03 Å². The van der Waals surface area contributed by atoms with Gasteiger partial charge in [-0.15, -0.1) is 0 Å². The van der Waals surface area contributed by atoms with E-state index in [1.54, 1.807) is 17.0 Å². The van der Waals surface area contributed by atoms with E-state index in [1.807, 2.05) is 0 Å². The molecule has 26 heavy (non-hydrogen) atoms. The first kappa shape index (κ1) is 18.4. The number of carbonyl (C=O) groups excluding carboxylic acids is 1. The highest BCUT2D eigenvalue weighted by molar-refractivity contribution is 7.91. The second kappa shape index (κ2) is 7.45. The molecule has 2 amide bonds. The van der Waals surface area contributed by atoms with Crippen molar-refractivity contribution in [3.63, 3.8) is 0 Å². The van der Waals surface area contributed by atoms with Gasteiger partial charge in [0.05, 0.1) is 9.79 Å². The Hall–Kier alpha value is -2.41. The minimum absolute atomic E-state index is 0.0260. The van der Waals surface area contributed by atoms with E-state index < -0.39 is 15.7 Å². The Balaban J connectivity index is 1.70. The SMILES string of the molecule is CC1CCN(C(=O)Nc2ccc(S(=O)(=O)c3ccc(F)cc3)cc2)CC1. The van der Waals surface area contributed by atoms with E-state index in [1.165, 1.54) is 24.3 Å². The van der Waals surface area contributed by atoms with Gasteiger partial charge < -0.3 is 10.2 Å². The Morgan fingerprint density at radius 2 is 1.50 bits per heavy atom. The summed E-state index contributed by atoms with van der Waals surface area (Å²) in [6.07, 6.45) is 1.98. The van der Waals surface area contributed by atoms with Gasteiger partial charge in [-0.3, -0.25) is 0 Å². The molecule has 1 saturated heterocycles. The Morgan fingerprint density at radius 3 is 2.04 bits per heavy atom. The van der Waals surface area contributed by atoms with E-state index in [9.17, 15) is 17.6 Å². The van der Waals surface area contributed by atoms with E-state index in [2.05, 4.69) is 12.2 Å². The Kier molecular flexibility index (Phi) is 5.27. The number of halogens is 1. The summed E-state index contributed by atoms with van der Waals surface area (Å²) in [5.74, 6) is 0.143. The maximum Gasteiger partial charge on any atom is 0.321 e. The van der Waals surface area contributed by atoms with Gasteiger partial charge in [-0.1, -0.05) is 6.92 Å². The van der Waals surface area contributed by atoms with Crippen molar-refractivity contribution in [2.75, 3.05) is 18.4 Å². The third kappa shape index (κ3) is 4.04. The lowest BCUT2D eigenvalue weighted by Gasteiger charge is -2.30. The number of sulfone groups is 1. The number of likely N-dealkylation sites (tertiary alicyclic amines) is 1. The van der Waals surface area contributed by atoms with Crippen LogP contribution >= 0.6 is 0 Å². The molecule has 0 aromatic heterocycles. The van der Waals surface area contributed by atoms with Crippen LogP contribution in [-0.2, 0) is 9.84 Å². The lowest BCUT2D eigenvalue weighted by atomic mass is 10.00. The molecule has 7 heteroatoms. The van der Waals surface area contributed by atoms with Crippen molar-refractivity contribution < 1.29 is 17.6 Å². The first-order valence-electron chi connectivity index (χ1n) is 8.53. The Bertz CT molecular complexity index is 872. The third-order valence-corrected chi connectivity index (χ3v) is 6.40. The molecule has 1 aliphatic rings. The molecule has 2 aromatic carbocycles. The van der Waals surface area contributed by atoms with Crippen LogP contribution in [-0.4, -0.2) is 32.4 Å². The van der Waals surface area contributed by atoms with Crippen LogP contribution in [0.15, 0.2) is 58.3 Å². The molecule has 1 N–H and O–H groups in total. The van der Waals surface area contributed by atoms with Crippen molar-refractivity contribution in [3.8, 4) is 0 Å². The summed E-state index contributed by atoms with van der Waals surface area (Å²) in [7, 11) is -3.72. The number of anilines is 1. The number of urea groups is 1. The van der Waals surface area contributed by atoms with Gasteiger partial charge in [0.1, 0.15) is 5.82 Å². The average Bonchev–Trinajstić information content (AvgIpc) is 2.63. The molecular formula is C19H21FN2O3S. The summed E-state index contributed by atoms with van der Waals surface area (Å²) in [5, 5.41) is 2.79. The zero-order valence-corrected chi connectivity index (χ0v) is 15.3.